The van der Waals surface area contributed by atoms with Gasteiger partial charge in [-0.15, -0.1) is 0 Å². The van der Waals surface area contributed by atoms with E-state index in [0.717, 1.165) is 11.3 Å². The molecule has 0 bridgehead atoms. The van der Waals surface area contributed by atoms with Crippen molar-refractivity contribution in [2.75, 3.05) is 5.32 Å². The topological polar surface area (TPSA) is 90.0 Å². The lowest BCUT2D eigenvalue weighted by molar-refractivity contribution is -0.116. The van der Waals surface area contributed by atoms with Crippen molar-refractivity contribution >= 4 is 17.5 Å². The maximum atomic E-state index is 12.1. The summed E-state index contributed by atoms with van der Waals surface area (Å²) in [5, 5.41) is 2.74. The van der Waals surface area contributed by atoms with Crippen LogP contribution in [0.1, 0.15) is 23.2 Å². The zero-order chi connectivity index (χ0) is 18.4. The molecular formula is C20H20N4O2. The maximum absolute atomic E-state index is 12.1. The van der Waals surface area contributed by atoms with Gasteiger partial charge in [-0.05, 0) is 18.6 Å². The number of carbonyl (C=O) groups excluding carboxylic acids is 2. The van der Waals surface area contributed by atoms with Crippen LogP contribution in [0.2, 0.25) is 0 Å². The zero-order valence-corrected chi connectivity index (χ0v) is 14.3. The molecule has 0 aliphatic heterocycles. The Morgan fingerprint density at radius 2 is 1.77 bits per heavy atom. The minimum Gasteiger partial charge on any atom is -0.366 e. The molecule has 0 atom stereocenters. The Morgan fingerprint density at radius 3 is 2.54 bits per heavy atom. The minimum absolute atomic E-state index is 0.151. The highest BCUT2D eigenvalue weighted by atomic mass is 16.2. The summed E-state index contributed by atoms with van der Waals surface area (Å²) in [6.45, 7) is 0.685. The SMILES string of the molecule is NC(=O)c1ccccc1NC(=O)CCCn1cnc(-c2ccccc2)c1. The van der Waals surface area contributed by atoms with Gasteiger partial charge >= 0.3 is 0 Å². The normalized spacial score (nSPS) is 10.5. The number of primary amides is 1. The molecule has 0 unspecified atom stereocenters. The largest absolute Gasteiger partial charge is 0.366 e. The van der Waals surface area contributed by atoms with E-state index < -0.39 is 5.91 Å². The molecule has 0 aliphatic rings. The molecule has 2 aromatic carbocycles. The van der Waals surface area contributed by atoms with Gasteiger partial charge in [0.1, 0.15) is 0 Å². The Hall–Kier alpha value is -3.41. The second-order valence-corrected chi connectivity index (χ2v) is 5.92. The van der Waals surface area contributed by atoms with E-state index in [2.05, 4.69) is 10.3 Å². The molecule has 6 heteroatoms. The Balaban J connectivity index is 1.52. The van der Waals surface area contributed by atoms with E-state index in [-0.39, 0.29) is 5.91 Å². The number of nitrogens with one attached hydrogen (secondary N) is 1. The van der Waals surface area contributed by atoms with E-state index in [1.54, 1.807) is 30.6 Å². The number of carbonyl (C=O) groups is 2. The lowest BCUT2D eigenvalue weighted by Gasteiger charge is -2.08. The van der Waals surface area contributed by atoms with Crippen LogP contribution < -0.4 is 11.1 Å². The quantitative estimate of drug-likeness (QED) is 0.687. The van der Waals surface area contributed by atoms with Crippen LogP contribution in [0, 0.1) is 0 Å². The number of aryl methyl sites for hydroxylation is 1. The second kappa shape index (κ2) is 8.11. The van der Waals surface area contributed by atoms with E-state index in [9.17, 15) is 9.59 Å². The molecule has 1 heterocycles. The number of aromatic nitrogens is 2. The maximum Gasteiger partial charge on any atom is 0.250 e. The van der Waals surface area contributed by atoms with Gasteiger partial charge in [-0.1, -0.05) is 42.5 Å². The molecule has 0 fully saturated rings. The first kappa shape index (κ1) is 17.4. The first-order valence-corrected chi connectivity index (χ1v) is 8.39. The fourth-order valence-electron chi connectivity index (χ4n) is 2.68. The third-order valence-corrected chi connectivity index (χ3v) is 3.99. The summed E-state index contributed by atoms with van der Waals surface area (Å²) in [5.41, 5.74) is 8.04. The predicted octanol–water partition coefficient (Wildman–Crippen LogP) is 3.07. The molecular weight excluding hydrogens is 328 g/mol. The Kier molecular flexibility index (Phi) is 5.43. The summed E-state index contributed by atoms with van der Waals surface area (Å²) in [6, 6.07) is 16.7. The molecule has 0 spiro atoms. The van der Waals surface area contributed by atoms with Crippen molar-refractivity contribution < 1.29 is 9.59 Å². The highest BCUT2D eigenvalue weighted by Gasteiger charge is 2.10. The molecule has 2 amide bonds. The molecule has 0 saturated carbocycles. The number of imidazole rings is 1. The summed E-state index contributed by atoms with van der Waals surface area (Å²) in [5.74, 6) is -0.713. The summed E-state index contributed by atoms with van der Waals surface area (Å²) >= 11 is 0. The van der Waals surface area contributed by atoms with Gasteiger partial charge in [-0.2, -0.15) is 0 Å². The van der Waals surface area contributed by atoms with Gasteiger partial charge in [0.15, 0.2) is 0 Å². The standard InChI is InChI=1S/C20H20N4O2/c21-20(26)16-9-4-5-10-17(16)23-19(25)11-6-12-24-13-18(22-14-24)15-7-2-1-3-8-15/h1-5,7-10,13-14H,6,11-12H2,(H2,21,26)(H,23,25). The molecule has 6 nitrogen and oxygen atoms in total. The van der Waals surface area contributed by atoms with Gasteiger partial charge < -0.3 is 15.6 Å². The summed E-state index contributed by atoms with van der Waals surface area (Å²) in [4.78, 5) is 27.9. The van der Waals surface area contributed by atoms with E-state index in [1.165, 1.54) is 0 Å². The molecule has 0 saturated heterocycles. The van der Waals surface area contributed by atoms with Crippen LogP contribution in [0.5, 0.6) is 0 Å². The van der Waals surface area contributed by atoms with Gasteiger partial charge in [-0.3, -0.25) is 9.59 Å². The van der Waals surface area contributed by atoms with Crippen molar-refractivity contribution in [2.45, 2.75) is 19.4 Å². The monoisotopic (exact) mass is 348 g/mol. The van der Waals surface area contributed by atoms with Crippen LogP contribution >= 0.6 is 0 Å². The molecule has 132 valence electrons. The van der Waals surface area contributed by atoms with Gasteiger partial charge in [0.2, 0.25) is 5.91 Å². The second-order valence-electron chi connectivity index (χ2n) is 5.92. The fourth-order valence-corrected chi connectivity index (χ4v) is 2.68. The number of amides is 2. The van der Waals surface area contributed by atoms with Crippen molar-refractivity contribution in [2.24, 2.45) is 5.73 Å². The van der Waals surface area contributed by atoms with Crippen molar-refractivity contribution in [1.82, 2.24) is 9.55 Å². The third-order valence-electron chi connectivity index (χ3n) is 3.99. The van der Waals surface area contributed by atoms with E-state index in [4.69, 9.17) is 5.73 Å². The van der Waals surface area contributed by atoms with Crippen molar-refractivity contribution in [3.05, 3.63) is 72.7 Å². The summed E-state index contributed by atoms with van der Waals surface area (Å²) < 4.78 is 1.97. The van der Waals surface area contributed by atoms with Crippen molar-refractivity contribution in [3.8, 4) is 11.3 Å². The first-order valence-electron chi connectivity index (χ1n) is 8.39. The first-order chi connectivity index (χ1) is 12.6. The van der Waals surface area contributed by atoms with Crippen LogP contribution in [-0.4, -0.2) is 21.4 Å². The van der Waals surface area contributed by atoms with Gasteiger partial charge in [0.25, 0.3) is 5.91 Å². The smallest absolute Gasteiger partial charge is 0.250 e. The van der Waals surface area contributed by atoms with Gasteiger partial charge in [0, 0.05) is 24.7 Å². The van der Waals surface area contributed by atoms with Gasteiger partial charge in [0.05, 0.1) is 23.3 Å². The summed E-state index contributed by atoms with van der Waals surface area (Å²) in [6.07, 6.45) is 4.74. The predicted molar refractivity (Wildman–Crippen MR) is 100 cm³/mol. The number of rotatable bonds is 7. The van der Waals surface area contributed by atoms with E-state index in [0.29, 0.717) is 30.6 Å². The molecule has 3 N–H and O–H groups in total. The van der Waals surface area contributed by atoms with Gasteiger partial charge in [-0.25, -0.2) is 4.98 Å². The van der Waals surface area contributed by atoms with Crippen LogP contribution in [0.15, 0.2) is 67.1 Å². The molecule has 0 aliphatic carbocycles. The summed E-state index contributed by atoms with van der Waals surface area (Å²) in [7, 11) is 0. The number of nitrogens with two attached hydrogens (primary N) is 1. The van der Waals surface area contributed by atoms with Crippen molar-refractivity contribution in [1.29, 1.82) is 0 Å². The number of nitrogens with zero attached hydrogens (tertiary/aromatic N) is 2. The number of para-hydroxylation sites is 1. The van der Waals surface area contributed by atoms with Crippen LogP contribution in [0.4, 0.5) is 5.69 Å². The van der Waals surface area contributed by atoms with Crippen LogP contribution in [0.3, 0.4) is 0 Å². The highest BCUT2D eigenvalue weighted by molar-refractivity contribution is 6.02. The number of anilines is 1. The third kappa shape index (κ3) is 4.36. The van der Waals surface area contributed by atoms with Crippen LogP contribution in [-0.2, 0) is 11.3 Å². The Labute approximate surface area is 151 Å². The molecule has 26 heavy (non-hydrogen) atoms. The molecule has 3 rings (SSSR count). The van der Waals surface area contributed by atoms with Crippen LogP contribution in [0.25, 0.3) is 11.3 Å². The lowest BCUT2D eigenvalue weighted by atomic mass is 10.1. The number of benzene rings is 2. The minimum atomic E-state index is -0.562. The van der Waals surface area contributed by atoms with E-state index in [1.807, 2.05) is 41.1 Å². The molecule has 0 radical (unpaired) electrons. The zero-order valence-electron chi connectivity index (χ0n) is 14.3. The Morgan fingerprint density at radius 1 is 1.04 bits per heavy atom. The lowest BCUT2D eigenvalue weighted by Crippen LogP contribution is -2.18. The average Bonchev–Trinajstić information content (AvgIpc) is 3.11. The number of hydrogen-bond donors (Lipinski definition) is 2. The fraction of sp³-hybridized carbons (Fsp3) is 0.150. The Bertz CT molecular complexity index is 903. The van der Waals surface area contributed by atoms with E-state index >= 15 is 0 Å². The van der Waals surface area contributed by atoms with Crippen molar-refractivity contribution in [3.63, 3.8) is 0 Å². The highest BCUT2D eigenvalue weighted by Crippen LogP contribution is 2.17. The average molecular weight is 348 g/mol. The molecule has 3 aromatic rings. The number of hydrogen-bond acceptors (Lipinski definition) is 3. The molecule has 1 aromatic heterocycles.